The molecule has 200 valence electrons. The number of hydrogen-bond acceptors (Lipinski definition) is 4. The topological polar surface area (TPSA) is 49.9 Å². The van der Waals surface area contributed by atoms with Gasteiger partial charge in [0.25, 0.3) is 0 Å². The monoisotopic (exact) mass is 590 g/mol. The molecule has 0 amide bonds. The first-order chi connectivity index (χ1) is 16.6. The molecule has 5 nitrogen and oxygen atoms in total. The zero-order valence-electron chi connectivity index (χ0n) is 21.9. The maximum absolute atomic E-state index is 13.6. The highest BCUT2D eigenvalue weighted by atomic mass is 35.5. The number of nitrogens with zero attached hydrogens (tertiary/aromatic N) is 2. The highest BCUT2D eigenvalue weighted by Crippen LogP contribution is 2.39. The van der Waals surface area contributed by atoms with Crippen LogP contribution in [0.2, 0.25) is 33.2 Å². The fraction of sp³-hybridized carbons (Fsp3) is 0.538. The van der Waals surface area contributed by atoms with Crippen LogP contribution in [-0.2, 0) is 20.2 Å². The number of rotatable bonds is 9. The zero-order chi connectivity index (χ0) is 26.9. The first kappa shape index (κ1) is 29.9. The third-order valence-corrected chi connectivity index (χ3v) is 15.0. The molecular weight excluding hydrogens is 555 g/mol. The Balaban J connectivity index is 1.81. The van der Waals surface area contributed by atoms with E-state index < -0.39 is 18.3 Å². The molecule has 0 aliphatic carbocycles. The molecular formula is C26H37Cl3N2O3SSi. The van der Waals surface area contributed by atoms with E-state index in [1.54, 1.807) is 19.2 Å². The van der Waals surface area contributed by atoms with Crippen LogP contribution in [0, 0.1) is 0 Å². The Labute approximate surface area is 232 Å². The number of benzene rings is 2. The molecule has 1 heterocycles. The van der Waals surface area contributed by atoms with Gasteiger partial charge in [-0.15, -0.1) is 0 Å². The molecule has 1 fully saturated rings. The van der Waals surface area contributed by atoms with Crippen molar-refractivity contribution in [2.45, 2.75) is 63.2 Å². The molecule has 0 spiro atoms. The van der Waals surface area contributed by atoms with E-state index in [4.69, 9.17) is 39.2 Å². The molecule has 10 heteroatoms. The van der Waals surface area contributed by atoms with Gasteiger partial charge in [-0.2, -0.15) is 4.31 Å². The van der Waals surface area contributed by atoms with Crippen molar-refractivity contribution >= 4 is 53.1 Å². The van der Waals surface area contributed by atoms with Crippen LogP contribution in [0.25, 0.3) is 0 Å². The van der Waals surface area contributed by atoms with Gasteiger partial charge in [0.05, 0.1) is 27.9 Å². The highest BCUT2D eigenvalue weighted by molar-refractivity contribution is 7.88. The summed E-state index contributed by atoms with van der Waals surface area (Å²) in [7, 11) is -4.03. The number of hydrogen-bond donors (Lipinski definition) is 0. The summed E-state index contributed by atoms with van der Waals surface area (Å²) in [5.41, 5.74) is 1.24. The summed E-state index contributed by atoms with van der Waals surface area (Å²) in [5, 5.41) is 0.869. The summed E-state index contributed by atoms with van der Waals surface area (Å²) in [5.74, 6) is -0.331. The molecule has 1 aliphatic rings. The Morgan fingerprint density at radius 2 is 1.69 bits per heavy atom. The van der Waals surface area contributed by atoms with E-state index in [0.29, 0.717) is 12.1 Å². The lowest BCUT2D eigenvalue weighted by atomic mass is 10.1. The van der Waals surface area contributed by atoms with Crippen LogP contribution in [0.1, 0.15) is 44.4 Å². The van der Waals surface area contributed by atoms with Crippen molar-refractivity contribution in [2.24, 2.45) is 0 Å². The minimum Gasteiger partial charge on any atom is -0.413 e. The van der Waals surface area contributed by atoms with E-state index in [1.807, 2.05) is 30.3 Å². The molecule has 0 unspecified atom stereocenters. The van der Waals surface area contributed by atoms with Crippen LogP contribution in [-0.4, -0.2) is 58.7 Å². The summed E-state index contributed by atoms with van der Waals surface area (Å²) in [6, 6.07) is 12.5. The summed E-state index contributed by atoms with van der Waals surface area (Å²) < 4.78 is 35.3. The van der Waals surface area contributed by atoms with E-state index in [2.05, 4.69) is 38.8 Å². The molecule has 2 aromatic carbocycles. The molecule has 1 saturated heterocycles. The maximum Gasteiger partial charge on any atom is 0.218 e. The van der Waals surface area contributed by atoms with Crippen LogP contribution in [0.4, 0.5) is 0 Å². The van der Waals surface area contributed by atoms with Crippen molar-refractivity contribution in [1.82, 2.24) is 9.21 Å². The fourth-order valence-corrected chi connectivity index (χ4v) is 7.85. The van der Waals surface area contributed by atoms with Crippen LogP contribution in [0.15, 0.2) is 42.5 Å². The molecule has 1 aliphatic heterocycles. The molecule has 0 aromatic heterocycles. The fourth-order valence-electron chi connectivity index (χ4n) is 4.18. The average molecular weight is 592 g/mol. The van der Waals surface area contributed by atoms with Crippen LogP contribution in [0.3, 0.4) is 0 Å². The normalized spacial score (nSPS) is 18.7. The lowest BCUT2D eigenvalue weighted by molar-refractivity contribution is 0.171. The number of halogens is 3. The van der Waals surface area contributed by atoms with E-state index in [0.717, 1.165) is 25.1 Å². The summed E-state index contributed by atoms with van der Waals surface area (Å²) in [4.78, 5) is 2.31. The van der Waals surface area contributed by atoms with Gasteiger partial charge in [-0.05, 0) is 42.2 Å². The van der Waals surface area contributed by atoms with Crippen molar-refractivity contribution in [1.29, 1.82) is 0 Å². The Bertz CT molecular complexity index is 1160. The predicted molar refractivity (Wildman–Crippen MR) is 154 cm³/mol. The maximum atomic E-state index is 13.6. The minimum atomic E-state index is -3.77. The standard InChI is InChI=1S/C26H37Cl3N2O3SSi/c1-26(2,3)36(5,6)34-20-14-15-31(16-20)17-24(19-10-8-7-9-11-19)30(4)35(32,33)18-21-22(27)12-13-23(28)25(21)29/h7-13,20,24H,14-18H2,1-6H3/t20-,24+/m0/s1. The Hall–Kier alpha value is -0.643. The first-order valence-corrected chi connectivity index (χ1v) is 17.8. The van der Waals surface area contributed by atoms with Gasteiger partial charge in [0.2, 0.25) is 10.0 Å². The summed E-state index contributed by atoms with van der Waals surface area (Å²) >= 11 is 18.8. The van der Waals surface area contributed by atoms with Gasteiger partial charge in [-0.25, -0.2) is 8.42 Å². The van der Waals surface area contributed by atoms with Gasteiger partial charge < -0.3 is 4.43 Å². The number of sulfonamides is 1. The van der Waals surface area contributed by atoms with E-state index in [1.165, 1.54) is 4.31 Å². The second-order valence-electron chi connectivity index (χ2n) is 11.1. The van der Waals surface area contributed by atoms with Crippen molar-refractivity contribution in [2.75, 3.05) is 26.7 Å². The summed E-state index contributed by atoms with van der Waals surface area (Å²) in [6.07, 6.45) is 1.10. The van der Waals surface area contributed by atoms with E-state index in [-0.39, 0.29) is 38.0 Å². The minimum absolute atomic E-state index is 0.143. The number of likely N-dealkylation sites (N-methyl/N-ethyl adjacent to an activating group) is 1. The van der Waals surface area contributed by atoms with Crippen molar-refractivity contribution in [3.05, 3.63) is 68.7 Å². The highest BCUT2D eigenvalue weighted by Gasteiger charge is 2.41. The molecule has 3 rings (SSSR count). The van der Waals surface area contributed by atoms with Gasteiger partial charge in [0.1, 0.15) is 0 Å². The Morgan fingerprint density at radius 1 is 1.08 bits per heavy atom. The quantitative estimate of drug-likeness (QED) is 0.228. The van der Waals surface area contributed by atoms with Crippen LogP contribution in [0.5, 0.6) is 0 Å². The average Bonchev–Trinajstić information content (AvgIpc) is 3.23. The van der Waals surface area contributed by atoms with Crippen molar-refractivity contribution in [3.63, 3.8) is 0 Å². The van der Waals surface area contributed by atoms with Gasteiger partial charge in [-0.3, -0.25) is 4.90 Å². The third-order valence-electron chi connectivity index (χ3n) is 7.46. The molecule has 0 saturated carbocycles. The molecule has 36 heavy (non-hydrogen) atoms. The second-order valence-corrected chi connectivity index (χ2v) is 19.0. The first-order valence-electron chi connectivity index (χ1n) is 12.2. The number of likely N-dealkylation sites (tertiary alicyclic amines) is 1. The van der Waals surface area contributed by atoms with E-state index in [9.17, 15) is 8.42 Å². The van der Waals surface area contributed by atoms with Gasteiger partial charge in [-0.1, -0.05) is 85.9 Å². The molecule has 2 atom stereocenters. The van der Waals surface area contributed by atoms with Gasteiger partial charge in [0.15, 0.2) is 8.32 Å². The van der Waals surface area contributed by atoms with Crippen molar-refractivity contribution < 1.29 is 12.8 Å². The SMILES string of the molecule is CN([C@H](CN1CC[C@H](O[Si](C)(C)C(C)(C)C)C1)c1ccccc1)S(=O)(=O)Cc1c(Cl)ccc(Cl)c1Cl. The van der Waals surface area contributed by atoms with Gasteiger partial charge in [0, 0.05) is 37.3 Å². The molecule has 2 aromatic rings. The smallest absolute Gasteiger partial charge is 0.218 e. The van der Waals surface area contributed by atoms with Gasteiger partial charge >= 0.3 is 0 Å². The lowest BCUT2D eigenvalue weighted by Gasteiger charge is -2.38. The zero-order valence-corrected chi connectivity index (χ0v) is 26.0. The second kappa shape index (κ2) is 11.6. The molecule has 0 bridgehead atoms. The Kier molecular flexibility index (Phi) is 9.65. The third kappa shape index (κ3) is 7.06. The lowest BCUT2D eigenvalue weighted by Crippen LogP contribution is -2.45. The van der Waals surface area contributed by atoms with Crippen LogP contribution < -0.4 is 0 Å². The largest absolute Gasteiger partial charge is 0.413 e. The molecule has 0 N–H and O–H groups in total. The van der Waals surface area contributed by atoms with E-state index >= 15 is 0 Å². The summed E-state index contributed by atoms with van der Waals surface area (Å²) in [6.45, 7) is 13.5. The van der Waals surface area contributed by atoms with Crippen LogP contribution >= 0.6 is 34.8 Å². The van der Waals surface area contributed by atoms with Crippen molar-refractivity contribution in [3.8, 4) is 0 Å². The molecule has 0 radical (unpaired) electrons. The Morgan fingerprint density at radius 3 is 2.31 bits per heavy atom. The predicted octanol–water partition coefficient (Wildman–Crippen LogP) is 7.25.